The van der Waals surface area contributed by atoms with Gasteiger partial charge in [-0.25, -0.2) is 0 Å². The van der Waals surface area contributed by atoms with E-state index in [0.29, 0.717) is 12.5 Å². The Kier molecular flexibility index (Phi) is 6.12. The van der Waals surface area contributed by atoms with Crippen LogP contribution in [0.25, 0.3) is 0 Å². The quantitative estimate of drug-likeness (QED) is 0.820. The zero-order valence-electron chi connectivity index (χ0n) is 13.0. The zero-order valence-corrected chi connectivity index (χ0v) is 13.8. The summed E-state index contributed by atoms with van der Waals surface area (Å²) in [6, 6.07) is 6.15. The summed E-state index contributed by atoms with van der Waals surface area (Å²) in [5.41, 5.74) is 7.70. The number of benzene rings is 1. The Balaban J connectivity index is 2.08. The number of aryl methyl sites for hydroxylation is 1. The molecule has 0 aliphatic heterocycles. The van der Waals surface area contributed by atoms with E-state index in [-0.39, 0.29) is 11.9 Å². The van der Waals surface area contributed by atoms with Crippen molar-refractivity contribution in [3.63, 3.8) is 0 Å². The minimum atomic E-state index is 0.0180. The van der Waals surface area contributed by atoms with Gasteiger partial charge in [-0.3, -0.25) is 4.79 Å². The highest BCUT2D eigenvalue weighted by molar-refractivity contribution is 7.98. The lowest BCUT2D eigenvalue weighted by Gasteiger charge is -2.30. The number of rotatable bonds is 5. The van der Waals surface area contributed by atoms with Gasteiger partial charge in [-0.05, 0) is 49.6 Å². The Bertz CT molecular complexity index is 484. The molecule has 1 saturated carbocycles. The molecule has 0 bridgehead atoms. The maximum atomic E-state index is 12.6. The third-order valence-corrected chi connectivity index (χ3v) is 5.20. The maximum absolute atomic E-state index is 12.6. The van der Waals surface area contributed by atoms with E-state index in [1.54, 1.807) is 11.8 Å². The minimum Gasteiger partial charge on any atom is -0.348 e. The summed E-state index contributed by atoms with van der Waals surface area (Å²) in [6.07, 6.45) is 8.24. The Morgan fingerprint density at radius 1 is 1.38 bits per heavy atom. The van der Waals surface area contributed by atoms with Crippen molar-refractivity contribution in [1.82, 2.24) is 5.32 Å². The van der Waals surface area contributed by atoms with Gasteiger partial charge in [-0.15, -0.1) is 11.8 Å². The van der Waals surface area contributed by atoms with E-state index in [0.717, 1.165) is 16.0 Å². The van der Waals surface area contributed by atoms with Crippen LogP contribution in [0, 0.1) is 12.8 Å². The first-order chi connectivity index (χ1) is 10.2. The van der Waals surface area contributed by atoms with Crippen LogP contribution in [0.2, 0.25) is 0 Å². The highest BCUT2D eigenvalue weighted by Gasteiger charge is 2.24. The molecular weight excluding hydrogens is 280 g/mol. The lowest BCUT2D eigenvalue weighted by molar-refractivity contribution is 0.0914. The average molecular weight is 306 g/mol. The zero-order chi connectivity index (χ0) is 15.2. The van der Waals surface area contributed by atoms with Gasteiger partial charge in [0.05, 0.1) is 0 Å². The van der Waals surface area contributed by atoms with Gasteiger partial charge in [0.15, 0.2) is 0 Å². The summed E-state index contributed by atoms with van der Waals surface area (Å²) < 4.78 is 0. The minimum absolute atomic E-state index is 0.0180. The summed E-state index contributed by atoms with van der Waals surface area (Å²) in [4.78, 5) is 13.7. The van der Waals surface area contributed by atoms with Gasteiger partial charge in [-0.1, -0.05) is 25.3 Å². The second kappa shape index (κ2) is 7.85. The normalized spacial score (nSPS) is 17.5. The smallest absolute Gasteiger partial charge is 0.251 e. The Labute approximate surface area is 132 Å². The van der Waals surface area contributed by atoms with Gasteiger partial charge in [0.1, 0.15) is 0 Å². The predicted molar refractivity (Wildman–Crippen MR) is 89.8 cm³/mol. The summed E-state index contributed by atoms with van der Waals surface area (Å²) in [7, 11) is 0. The van der Waals surface area contributed by atoms with Gasteiger partial charge in [0.2, 0.25) is 0 Å². The molecule has 1 aromatic carbocycles. The first-order valence-electron chi connectivity index (χ1n) is 7.81. The van der Waals surface area contributed by atoms with Crippen LogP contribution < -0.4 is 11.1 Å². The molecular formula is C17H26N2OS. The summed E-state index contributed by atoms with van der Waals surface area (Å²) in [5, 5.41) is 3.17. The molecule has 1 atom stereocenters. The highest BCUT2D eigenvalue weighted by atomic mass is 32.2. The molecule has 1 unspecified atom stereocenters. The molecule has 3 nitrogen and oxygen atoms in total. The van der Waals surface area contributed by atoms with Gasteiger partial charge in [0, 0.05) is 23.0 Å². The molecule has 0 heterocycles. The molecule has 0 aromatic heterocycles. The topological polar surface area (TPSA) is 55.1 Å². The van der Waals surface area contributed by atoms with Gasteiger partial charge >= 0.3 is 0 Å². The standard InChI is InChI=1S/C17H26N2OS/c1-12-8-9-14(21-2)10-15(12)17(20)19-16(11-18)13-6-4-3-5-7-13/h8-10,13,16H,3-7,11,18H2,1-2H3,(H,19,20). The monoisotopic (exact) mass is 306 g/mol. The van der Waals surface area contributed by atoms with E-state index in [4.69, 9.17) is 5.73 Å². The van der Waals surface area contributed by atoms with E-state index in [9.17, 15) is 4.79 Å². The Hall–Kier alpha value is -1.00. The molecule has 116 valence electrons. The molecule has 0 spiro atoms. The molecule has 1 aliphatic carbocycles. The number of carbonyl (C=O) groups is 1. The van der Waals surface area contributed by atoms with Crippen LogP contribution in [0.1, 0.15) is 48.0 Å². The van der Waals surface area contributed by atoms with Crippen LogP contribution in [0.3, 0.4) is 0 Å². The van der Waals surface area contributed by atoms with E-state index >= 15 is 0 Å². The number of carbonyl (C=O) groups excluding carboxylic acids is 1. The van der Waals surface area contributed by atoms with E-state index in [2.05, 4.69) is 11.4 Å². The predicted octanol–water partition coefficient (Wildman–Crippen LogP) is 3.35. The number of amides is 1. The fourth-order valence-electron chi connectivity index (χ4n) is 3.12. The Morgan fingerprint density at radius 2 is 2.10 bits per heavy atom. The van der Waals surface area contributed by atoms with Crippen molar-refractivity contribution in [1.29, 1.82) is 0 Å². The first kappa shape index (κ1) is 16.4. The van der Waals surface area contributed by atoms with Crippen molar-refractivity contribution in [2.75, 3.05) is 12.8 Å². The number of thioether (sulfide) groups is 1. The fraction of sp³-hybridized carbons (Fsp3) is 0.588. The van der Waals surface area contributed by atoms with Crippen LogP contribution in [0.5, 0.6) is 0 Å². The molecule has 0 saturated heterocycles. The van der Waals surface area contributed by atoms with Crippen molar-refractivity contribution in [2.45, 2.75) is 50.0 Å². The molecule has 3 N–H and O–H groups in total. The highest BCUT2D eigenvalue weighted by Crippen LogP contribution is 2.26. The van der Waals surface area contributed by atoms with Crippen LogP contribution in [-0.4, -0.2) is 24.7 Å². The fourth-order valence-corrected chi connectivity index (χ4v) is 3.56. The molecule has 1 aromatic rings. The average Bonchev–Trinajstić information content (AvgIpc) is 2.53. The van der Waals surface area contributed by atoms with Crippen LogP contribution >= 0.6 is 11.8 Å². The maximum Gasteiger partial charge on any atom is 0.251 e. The van der Waals surface area contributed by atoms with Crippen molar-refractivity contribution in [3.8, 4) is 0 Å². The van der Waals surface area contributed by atoms with Gasteiger partial charge in [-0.2, -0.15) is 0 Å². The molecule has 2 rings (SSSR count). The van der Waals surface area contributed by atoms with Crippen molar-refractivity contribution < 1.29 is 4.79 Å². The number of nitrogens with one attached hydrogen (secondary N) is 1. The van der Waals surface area contributed by atoms with Crippen molar-refractivity contribution in [3.05, 3.63) is 29.3 Å². The van der Waals surface area contributed by atoms with Crippen LogP contribution in [0.4, 0.5) is 0 Å². The largest absolute Gasteiger partial charge is 0.348 e. The molecule has 1 aliphatic rings. The summed E-state index contributed by atoms with van der Waals surface area (Å²) in [6.45, 7) is 2.51. The molecule has 1 amide bonds. The SMILES string of the molecule is CSc1ccc(C)c(C(=O)NC(CN)C2CCCCC2)c1. The van der Waals surface area contributed by atoms with Crippen LogP contribution in [0.15, 0.2) is 23.1 Å². The van der Waals surface area contributed by atoms with Crippen molar-refractivity contribution >= 4 is 17.7 Å². The van der Waals surface area contributed by atoms with Crippen molar-refractivity contribution in [2.24, 2.45) is 11.7 Å². The molecule has 1 fully saturated rings. The summed E-state index contributed by atoms with van der Waals surface area (Å²) >= 11 is 1.66. The molecule has 0 radical (unpaired) electrons. The number of hydrogen-bond acceptors (Lipinski definition) is 3. The number of hydrogen-bond donors (Lipinski definition) is 2. The first-order valence-corrected chi connectivity index (χ1v) is 9.03. The third-order valence-electron chi connectivity index (χ3n) is 4.48. The van der Waals surface area contributed by atoms with E-state index < -0.39 is 0 Å². The van der Waals surface area contributed by atoms with E-state index in [1.165, 1.54) is 32.1 Å². The summed E-state index contributed by atoms with van der Waals surface area (Å²) in [5.74, 6) is 0.557. The van der Waals surface area contributed by atoms with E-state index in [1.807, 2.05) is 25.3 Å². The lowest BCUT2D eigenvalue weighted by atomic mass is 9.83. The number of nitrogens with two attached hydrogens (primary N) is 1. The third kappa shape index (κ3) is 4.24. The lowest BCUT2D eigenvalue weighted by Crippen LogP contribution is -2.46. The molecule has 4 heteroatoms. The Morgan fingerprint density at radius 3 is 2.71 bits per heavy atom. The van der Waals surface area contributed by atoms with Gasteiger partial charge < -0.3 is 11.1 Å². The molecule has 21 heavy (non-hydrogen) atoms. The second-order valence-corrected chi connectivity index (χ2v) is 6.77. The van der Waals surface area contributed by atoms with Gasteiger partial charge in [0.25, 0.3) is 5.91 Å². The van der Waals surface area contributed by atoms with Crippen LogP contribution in [-0.2, 0) is 0 Å². The second-order valence-electron chi connectivity index (χ2n) is 5.89.